The van der Waals surface area contributed by atoms with Gasteiger partial charge in [-0.3, -0.25) is 5.41 Å². The Morgan fingerprint density at radius 3 is 2.29 bits per heavy atom. The standard InChI is InChI=1S/C11H16ClN3O2/c12-10-7-8(1-2-9(10)11(13)14)15(3-5-16)4-6-17/h1-2,7,16-17H,3-6H2,(H3,13,14). The van der Waals surface area contributed by atoms with Crippen LogP contribution in [0.15, 0.2) is 18.2 Å². The fourth-order valence-corrected chi connectivity index (χ4v) is 1.81. The Hall–Kier alpha value is -1.30. The maximum Gasteiger partial charge on any atom is 0.124 e. The van der Waals surface area contributed by atoms with Gasteiger partial charge in [-0.15, -0.1) is 0 Å². The predicted molar refractivity (Wildman–Crippen MR) is 68.9 cm³/mol. The smallest absolute Gasteiger partial charge is 0.124 e. The van der Waals surface area contributed by atoms with Crippen LogP contribution in [0.3, 0.4) is 0 Å². The maximum atomic E-state index is 8.93. The van der Waals surface area contributed by atoms with Gasteiger partial charge in [0, 0.05) is 24.3 Å². The van der Waals surface area contributed by atoms with Crippen molar-refractivity contribution in [3.8, 4) is 0 Å². The summed E-state index contributed by atoms with van der Waals surface area (Å²) in [6.45, 7) is 0.810. The van der Waals surface area contributed by atoms with Gasteiger partial charge in [0.15, 0.2) is 0 Å². The molecule has 0 aromatic heterocycles. The summed E-state index contributed by atoms with van der Waals surface area (Å²) in [6, 6.07) is 5.08. The molecule has 0 amide bonds. The highest BCUT2D eigenvalue weighted by molar-refractivity contribution is 6.34. The normalized spacial score (nSPS) is 10.3. The summed E-state index contributed by atoms with van der Waals surface area (Å²) in [5.41, 5.74) is 6.62. The highest BCUT2D eigenvalue weighted by atomic mass is 35.5. The zero-order valence-corrected chi connectivity index (χ0v) is 10.1. The quantitative estimate of drug-likeness (QED) is 0.439. The van der Waals surface area contributed by atoms with Gasteiger partial charge < -0.3 is 20.8 Å². The average molecular weight is 258 g/mol. The lowest BCUT2D eigenvalue weighted by Gasteiger charge is -2.23. The first-order valence-electron chi connectivity index (χ1n) is 5.20. The molecule has 0 unspecified atom stereocenters. The molecule has 1 aromatic carbocycles. The summed E-state index contributed by atoms with van der Waals surface area (Å²) in [6.07, 6.45) is 0. The first kappa shape index (κ1) is 13.8. The number of aliphatic hydroxyl groups is 2. The second-order valence-corrected chi connectivity index (χ2v) is 3.92. The van der Waals surface area contributed by atoms with E-state index in [1.54, 1.807) is 23.1 Å². The van der Waals surface area contributed by atoms with Gasteiger partial charge in [-0.2, -0.15) is 0 Å². The monoisotopic (exact) mass is 257 g/mol. The summed E-state index contributed by atoms with van der Waals surface area (Å²) in [5.74, 6) is -0.0857. The van der Waals surface area contributed by atoms with Crippen molar-refractivity contribution in [3.63, 3.8) is 0 Å². The molecule has 0 saturated carbocycles. The van der Waals surface area contributed by atoms with Crippen LogP contribution in [0.25, 0.3) is 0 Å². The molecule has 0 aliphatic heterocycles. The summed E-state index contributed by atoms with van der Waals surface area (Å²) >= 11 is 6.00. The van der Waals surface area contributed by atoms with Crippen molar-refractivity contribution in [1.29, 1.82) is 5.41 Å². The molecule has 1 aromatic rings. The van der Waals surface area contributed by atoms with Crippen LogP contribution in [0.4, 0.5) is 5.69 Å². The summed E-state index contributed by atoms with van der Waals surface area (Å²) in [7, 11) is 0. The van der Waals surface area contributed by atoms with Crippen molar-refractivity contribution in [1.82, 2.24) is 0 Å². The SMILES string of the molecule is N=C(N)c1ccc(N(CCO)CCO)cc1Cl. The number of nitrogens with two attached hydrogens (primary N) is 1. The first-order valence-corrected chi connectivity index (χ1v) is 5.58. The Balaban J connectivity index is 2.97. The van der Waals surface area contributed by atoms with E-state index < -0.39 is 0 Å². The third kappa shape index (κ3) is 3.59. The van der Waals surface area contributed by atoms with Crippen LogP contribution < -0.4 is 10.6 Å². The Kier molecular flexibility index (Phi) is 5.21. The first-order chi connectivity index (χ1) is 8.10. The molecule has 1 rings (SSSR count). The zero-order chi connectivity index (χ0) is 12.8. The number of hydrogen-bond acceptors (Lipinski definition) is 4. The Morgan fingerprint density at radius 1 is 1.29 bits per heavy atom. The van der Waals surface area contributed by atoms with Crippen LogP contribution in [0, 0.1) is 5.41 Å². The van der Waals surface area contributed by atoms with Crippen molar-refractivity contribution < 1.29 is 10.2 Å². The van der Waals surface area contributed by atoms with Crippen LogP contribution in [0.5, 0.6) is 0 Å². The van der Waals surface area contributed by atoms with Crippen molar-refractivity contribution in [2.45, 2.75) is 0 Å². The zero-order valence-electron chi connectivity index (χ0n) is 9.36. The fourth-order valence-electron chi connectivity index (χ4n) is 1.53. The number of benzene rings is 1. The number of halogens is 1. The van der Waals surface area contributed by atoms with Crippen molar-refractivity contribution in [3.05, 3.63) is 28.8 Å². The number of nitrogens with zero attached hydrogens (tertiary/aromatic N) is 1. The van der Waals surface area contributed by atoms with Crippen LogP contribution >= 0.6 is 11.6 Å². The van der Waals surface area contributed by atoms with Gasteiger partial charge in [-0.1, -0.05) is 11.6 Å². The molecule has 0 bridgehead atoms. The molecule has 0 radical (unpaired) electrons. The van der Waals surface area contributed by atoms with Gasteiger partial charge in [-0.25, -0.2) is 0 Å². The number of nitrogen functional groups attached to an aromatic ring is 1. The Bertz CT molecular complexity index is 392. The molecule has 17 heavy (non-hydrogen) atoms. The van der Waals surface area contributed by atoms with Crippen LogP contribution in [-0.2, 0) is 0 Å². The summed E-state index contributed by atoms with van der Waals surface area (Å²) in [4.78, 5) is 1.80. The molecule has 0 atom stereocenters. The van der Waals surface area contributed by atoms with E-state index in [0.29, 0.717) is 23.7 Å². The molecular weight excluding hydrogens is 242 g/mol. The lowest BCUT2D eigenvalue weighted by Crippen LogP contribution is -2.29. The number of aliphatic hydroxyl groups excluding tert-OH is 2. The van der Waals surface area contributed by atoms with Gasteiger partial charge in [0.2, 0.25) is 0 Å². The molecule has 0 aliphatic rings. The van der Waals surface area contributed by atoms with E-state index in [4.69, 9.17) is 33.0 Å². The number of amidine groups is 1. The molecule has 0 aliphatic carbocycles. The van der Waals surface area contributed by atoms with Gasteiger partial charge in [0.1, 0.15) is 5.84 Å². The second-order valence-electron chi connectivity index (χ2n) is 3.51. The molecular formula is C11H16ClN3O2. The highest BCUT2D eigenvalue weighted by Gasteiger charge is 2.09. The third-order valence-electron chi connectivity index (χ3n) is 2.35. The Labute approximate surface area is 105 Å². The van der Waals surface area contributed by atoms with Crippen molar-refractivity contribution in [2.24, 2.45) is 5.73 Å². The van der Waals surface area contributed by atoms with Gasteiger partial charge in [0.05, 0.1) is 18.2 Å². The largest absolute Gasteiger partial charge is 0.395 e. The molecule has 0 fully saturated rings. The van der Waals surface area contributed by atoms with E-state index in [1.807, 2.05) is 0 Å². The van der Waals surface area contributed by atoms with Crippen LogP contribution in [0.2, 0.25) is 5.02 Å². The number of rotatable bonds is 6. The lowest BCUT2D eigenvalue weighted by molar-refractivity contribution is 0.281. The number of nitrogens with one attached hydrogen (secondary N) is 1. The lowest BCUT2D eigenvalue weighted by atomic mass is 10.1. The molecule has 6 heteroatoms. The minimum absolute atomic E-state index is 0.00786. The maximum absolute atomic E-state index is 8.93. The van der Waals surface area contributed by atoms with Gasteiger partial charge >= 0.3 is 0 Å². The van der Waals surface area contributed by atoms with Crippen LogP contribution in [0.1, 0.15) is 5.56 Å². The number of anilines is 1. The van der Waals surface area contributed by atoms with Crippen LogP contribution in [-0.4, -0.2) is 42.4 Å². The molecule has 0 spiro atoms. The second kappa shape index (κ2) is 6.44. The highest BCUT2D eigenvalue weighted by Crippen LogP contribution is 2.23. The minimum atomic E-state index is -0.0857. The predicted octanol–water partition coefficient (Wildman–Crippen LogP) is 0.415. The molecule has 0 heterocycles. The van der Waals surface area contributed by atoms with Crippen molar-refractivity contribution in [2.75, 3.05) is 31.2 Å². The third-order valence-corrected chi connectivity index (χ3v) is 2.66. The average Bonchev–Trinajstić information content (AvgIpc) is 2.28. The van der Waals surface area contributed by atoms with Gasteiger partial charge in [0.25, 0.3) is 0 Å². The molecule has 5 nitrogen and oxygen atoms in total. The topological polar surface area (TPSA) is 93.6 Å². The van der Waals surface area contributed by atoms with Crippen molar-refractivity contribution >= 4 is 23.1 Å². The summed E-state index contributed by atoms with van der Waals surface area (Å²) < 4.78 is 0. The van der Waals surface area contributed by atoms with E-state index in [0.717, 1.165) is 5.69 Å². The van der Waals surface area contributed by atoms with E-state index in [2.05, 4.69) is 0 Å². The molecule has 5 N–H and O–H groups in total. The minimum Gasteiger partial charge on any atom is -0.395 e. The Morgan fingerprint density at radius 2 is 1.88 bits per heavy atom. The fraction of sp³-hybridized carbons (Fsp3) is 0.364. The van der Waals surface area contributed by atoms with E-state index in [9.17, 15) is 0 Å². The molecule has 94 valence electrons. The number of hydrogen-bond donors (Lipinski definition) is 4. The van der Waals surface area contributed by atoms with E-state index in [1.165, 1.54) is 0 Å². The summed E-state index contributed by atoms with van der Waals surface area (Å²) in [5, 5.41) is 25.6. The van der Waals surface area contributed by atoms with E-state index >= 15 is 0 Å². The molecule has 0 saturated heterocycles. The van der Waals surface area contributed by atoms with Gasteiger partial charge in [-0.05, 0) is 18.2 Å². The van der Waals surface area contributed by atoms with E-state index in [-0.39, 0.29) is 19.0 Å².